The fourth-order valence-electron chi connectivity index (χ4n) is 3.58. The van der Waals surface area contributed by atoms with Crippen LogP contribution in [0.1, 0.15) is 55.1 Å². The molecule has 0 unspecified atom stereocenters. The van der Waals surface area contributed by atoms with Crippen molar-refractivity contribution < 1.29 is 31.1 Å². The van der Waals surface area contributed by atoms with E-state index in [1.54, 1.807) is 6.19 Å². The molecule has 1 aromatic carbocycles. The zero-order valence-corrected chi connectivity index (χ0v) is 19.1. The Morgan fingerprint density at radius 1 is 1.06 bits per heavy atom. The Labute approximate surface area is 194 Å². The lowest BCUT2D eigenvalue weighted by Gasteiger charge is -2.33. The van der Waals surface area contributed by atoms with Crippen molar-refractivity contribution in [1.29, 1.82) is 5.26 Å². The van der Waals surface area contributed by atoms with Crippen molar-refractivity contribution in [3.63, 3.8) is 0 Å². The van der Waals surface area contributed by atoms with Crippen LogP contribution >= 0.6 is 0 Å². The van der Waals surface area contributed by atoms with Crippen molar-refractivity contribution in [3.05, 3.63) is 34.9 Å². The molecule has 0 radical (unpaired) electrons. The summed E-state index contributed by atoms with van der Waals surface area (Å²) in [4.78, 5) is 18.2. The van der Waals surface area contributed by atoms with Gasteiger partial charge >= 0.3 is 12.4 Å². The van der Waals surface area contributed by atoms with Gasteiger partial charge in [-0.3, -0.25) is 9.69 Å². The lowest BCUT2D eigenvalue weighted by atomic mass is 9.96. The number of piperidine rings is 1. The summed E-state index contributed by atoms with van der Waals surface area (Å²) in [5.74, 6) is -0.441. The zero-order chi connectivity index (χ0) is 25.7. The first-order valence-electron chi connectivity index (χ1n) is 10.6. The second-order valence-corrected chi connectivity index (χ2v) is 9.26. The number of halogens is 6. The van der Waals surface area contributed by atoms with Gasteiger partial charge in [-0.1, -0.05) is 0 Å². The molecule has 0 bridgehead atoms. The average molecular weight is 491 g/mol. The molecule has 1 fully saturated rings. The first-order chi connectivity index (χ1) is 15.6. The molecule has 1 heterocycles. The smallest absolute Gasteiger partial charge is 0.367 e. The van der Waals surface area contributed by atoms with E-state index in [1.165, 1.54) is 0 Å². The molecule has 0 aliphatic carbocycles. The van der Waals surface area contributed by atoms with E-state index in [0.29, 0.717) is 50.4 Å². The van der Waals surface area contributed by atoms with Crippen LogP contribution in [0.3, 0.4) is 0 Å². The molecule has 1 saturated heterocycles. The molecule has 0 aromatic heterocycles. The minimum atomic E-state index is -5.02. The molecule has 1 aliphatic heterocycles. The van der Waals surface area contributed by atoms with Crippen LogP contribution in [0, 0.1) is 17.4 Å². The number of aliphatic imine (C=N–C) groups is 1. The third kappa shape index (κ3) is 8.52. The Hall–Kier alpha value is -2.81. The predicted octanol–water partition coefficient (Wildman–Crippen LogP) is 4.43. The highest BCUT2D eigenvalue weighted by Crippen LogP contribution is 2.36. The molecule has 1 aromatic rings. The number of benzene rings is 1. The van der Waals surface area contributed by atoms with Gasteiger partial charge in [0.25, 0.3) is 5.91 Å². The summed E-state index contributed by atoms with van der Waals surface area (Å²) in [6.45, 7) is 7.67. The molecule has 6 nitrogen and oxygen atoms in total. The maximum atomic E-state index is 13.0. The number of rotatable bonds is 5. The summed E-state index contributed by atoms with van der Waals surface area (Å²) in [6, 6.07) is 0.835. The van der Waals surface area contributed by atoms with Crippen molar-refractivity contribution in [2.45, 2.75) is 51.5 Å². The summed E-state index contributed by atoms with van der Waals surface area (Å²) in [6.07, 6.45) is -6.94. The lowest BCUT2D eigenvalue weighted by Crippen LogP contribution is -2.48. The summed E-state index contributed by atoms with van der Waals surface area (Å²) >= 11 is 0. The lowest BCUT2D eigenvalue weighted by molar-refractivity contribution is -0.143. The van der Waals surface area contributed by atoms with Crippen LogP contribution < -0.4 is 10.6 Å². The number of likely N-dealkylation sites (tertiary alicyclic amines) is 1. The van der Waals surface area contributed by atoms with Gasteiger partial charge in [-0.25, -0.2) is 0 Å². The van der Waals surface area contributed by atoms with Gasteiger partial charge in [0.1, 0.15) is 5.84 Å². The quantitative estimate of drug-likeness (QED) is 0.276. The Morgan fingerprint density at radius 2 is 1.59 bits per heavy atom. The molecular weight excluding hydrogens is 464 g/mol. The SMILES string of the molecule is CC(C)(C)N/C(CN1CCC(CNC(=O)c2cc(C(F)(F)F)cc(C(F)(F)F)c2)CC1)=N\C#N. The Balaban J connectivity index is 1.96. The highest BCUT2D eigenvalue weighted by Gasteiger charge is 2.37. The maximum Gasteiger partial charge on any atom is 0.416 e. The highest BCUT2D eigenvalue weighted by atomic mass is 19.4. The molecule has 0 spiro atoms. The molecular formula is C22H27F6N5O. The van der Waals surface area contributed by atoms with Gasteiger partial charge in [-0.05, 0) is 70.8 Å². The number of carbonyl (C=O) groups is 1. The van der Waals surface area contributed by atoms with Crippen molar-refractivity contribution in [3.8, 4) is 6.19 Å². The molecule has 12 heteroatoms. The fourth-order valence-corrected chi connectivity index (χ4v) is 3.58. The summed E-state index contributed by atoms with van der Waals surface area (Å²) in [7, 11) is 0. The van der Waals surface area contributed by atoms with E-state index in [-0.39, 0.29) is 24.1 Å². The second kappa shape index (κ2) is 10.6. The van der Waals surface area contributed by atoms with Gasteiger partial charge in [0.2, 0.25) is 6.19 Å². The van der Waals surface area contributed by atoms with E-state index in [9.17, 15) is 31.1 Å². The molecule has 2 rings (SSSR count). The van der Waals surface area contributed by atoms with E-state index >= 15 is 0 Å². The van der Waals surface area contributed by atoms with Gasteiger partial charge in [-0.15, -0.1) is 0 Å². The molecule has 2 N–H and O–H groups in total. The largest absolute Gasteiger partial charge is 0.416 e. The Morgan fingerprint density at radius 3 is 2.03 bits per heavy atom. The van der Waals surface area contributed by atoms with Crippen LogP contribution in [0.5, 0.6) is 0 Å². The first-order valence-corrected chi connectivity index (χ1v) is 10.6. The van der Waals surface area contributed by atoms with Gasteiger partial charge < -0.3 is 10.6 Å². The minimum Gasteiger partial charge on any atom is -0.367 e. The molecule has 0 saturated carbocycles. The van der Waals surface area contributed by atoms with Gasteiger partial charge in [0, 0.05) is 17.6 Å². The molecule has 1 amide bonds. The third-order valence-corrected chi connectivity index (χ3v) is 5.19. The number of amidine groups is 1. The number of amides is 1. The number of hydrogen-bond acceptors (Lipinski definition) is 4. The van der Waals surface area contributed by atoms with Crippen LogP contribution in [0.25, 0.3) is 0 Å². The second-order valence-electron chi connectivity index (χ2n) is 9.26. The monoisotopic (exact) mass is 491 g/mol. The van der Waals surface area contributed by atoms with Gasteiger partial charge in [0.15, 0.2) is 0 Å². The van der Waals surface area contributed by atoms with E-state index in [2.05, 4.69) is 20.5 Å². The zero-order valence-electron chi connectivity index (χ0n) is 19.1. The normalized spacial score (nSPS) is 16.8. The number of nitrogens with one attached hydrogen (secondary N) is 2. The summed E-state index contributed by atoms with van der Waals surface area (Å²) in [5.41, 5.74) is -4.02. The average Bonchev–Trinajstić information content (AvgIpc) is 2.70. The van der Waals surface area contributed by atoms with Crippen LogP contribution in [-0.2, 0) is 12.4 Å². The maximum absolute atomic E-state index is 13.0. The number of nitriles is 1. The minimum absolute atomic E-state index is 0.00903. The Kier molecular flexibility index (Phi) is 8.58. The van der Waals surface area contributed by atoms with Crippen molar-refractivity contribution in [1.82, 2.24) is 15.5 Å². The fraction of sp³-hybridized carbons (Fsp3) is 0.591. The standard InChI is InChI=1S/C22H27F6N5O/c1-20(2,3)32-18(31-13-29)12-33-6-4-14(5-7-33)11-30-19(34)15-8-16(21(23,24)25)10-17(9-15)22(26,27)28/h8-10,14H,4-7,11-12H2,1-3H3,(H,30,34)(H,31,32). The topological polar surface area (TPSA) is 80.5 Å². The Bertz CT molecular complexity index is 903. The molecule has 188 valence electrons. The van der Waals surface area contributed by atoms with Gasteiger partial charge in [-0.2, -0.15) is 36.6 Å². The van der Waals surface area contributed by atoms with Crippen LogP contribution in [0.15, 0.2) is 23.2 Å². The molecule has 1 aliphatic rings. The van der Waals surface area contributed by atoms with E-state index in [1.807, 2.05) is 20.8 Å². The van der Waals surface area contributed by atoms with Crippen molar-refractivity contribution >= 4 is 11.7 Å². The predicted molar refractivity (Wildman–Crippen MR) is 114 cm³/mol. The van der Waals surface area contributed by atoms with Crippen LogP contribution in [0.2, 0.25) is 0 Å². The highest BCUT2D eigenvalue weighted by molar-refractivity contribution is 5.94. The van der Waals surface area contributed by atoms with Gasteiger partial charge in [0.05, 0.1) is 17.7 Å². The number of alkyl halides is 6. The van der Waals surface area contributed by atoms with E-state index in [4.69, 9.17) is 5.26 Å². The van der Waals surface area contributed by atoms with E-state index in [0.717, 1.165) is 0 Å². The molecule has 34 heavy (non-hydrogen) atoms. The summed E-state index contributed by atoms with van der Waals surface area (Å²) in [5, 5.41) is 14.5. The molecule has 0 atom stereocenters. The number of carbonyl (C=O) groups excluding carboxylic acids is 1. The van der Waals surface area contributed by atoms with Crippen LogP contribution in [-0.4, -0.2) is 48.4 Å². The number of hydrogen-bond donors (Lipinski definition) is 2. The van der Waals surface area contributed by atoms with Crippen LogP contribution in [0.4, 0.5) is 26.3 Å². The van der Waals surface area contributed by atoms with E-state index < -0.39 is 35.0 Å². The number of nitrogens with zero attached hydrogens (tertiary/aromatic N) is 3. The van der Waals surface area contributed by atoms with Crippen molar-refractivity contribution in [2.24, 2.45) is 10.9 Å². The van der Waals surface area contributed by atoms with Crippen molar-refractivity contribution in [2.75, 3.05) is 26.2 Å². The summed E-state index contributed by atoms with van der Waals surface area (Å²) < 4.78 is 78.0. The third-order valence-electron chi connectivity index (χ3n) is 5.19. The first kappa shape index (κ1) is 27.4.